The third-order valence-corrected chi connectivity index (χ3v) is 5.75. The van der Waals surface area contributed by atoms with Crippen LogP contribution < -0.4 is 5.32 Å². The Morgan fingerprint density at radius 1 is 1.03 bits per heavy atom. The first-order valence-electron chi connectivity index (χ1n) is 9.73. The predicted octanol–water partition coefficient (Wildman–Crippen LogP) is 5.56. The van der Waals surface area contributed by atoms with E-state index in [4.69, 9.17) is 23.2 Å². The summed E-state index contributed by atoms with van der Waals surface area (Å²) >= 11 is 13.6. The summed E-state index contributed by atoms with van der Waals surface area (Å²) in [4.78, 5) is 27.4. The molecule has 2 aromatic rings. The zero-order chi connectivity index (χ0) is 22.3. The van der Waals surface area contributed by atoms with Gasteiger partial charge < -0.3 is 10.2 Å². The van der Waals surface area contributed by atoms with Crippen LogP contribution in [0.3, 0.4) is 0 Å². The maximum atomic E-state index is 13.1. The maximum Gasteiger partial charge on any atom is 0.242 e. The minimum Gasteiger partial charge on any atom is -0.350 e. The molecule has 4 nitrogen and oxygen atoms in total. The molecule has 2 rings (SSSR count). The van der Waals surface area contributed by atoms with Gasteiger partial charge in [-0.1, -0.05) is 47.5 Å². The lowest BCUT2D eigenvalue weighted by Gasteiger charge is -2.31. The maximum absolute atomic E-state index is 13.1. The van der Waals surface area contributed by atoms with Gasteiger partial charge in [-0.15, -0.1) is 11.8 Å². The topological polar surface area (TPSA) is 49.4 Å². The van der Waals surface area contributed by atoms with E-state index in [-0.39, 0.29) is 23.1 Å². The highest BCUT2D eigenvalue weighted by atomic mass is 35.5. The first-order valence-corrected chi connectivity index (χ1v) is 11.6. The van der Waals surface area contributed by atoms with E-state index in [2.05, 4.69) is 5.32 Å². The number of halogens is 2. The standard InChI is InChI=1S/C23H28Cl2N2O2S/c1-16(22(29)26-23(2,3)4)27(13-17-7-5-9-19(24)11-17)21(28)15-30-14-18-8-6-10-20(25)12-18/h5-12,16H,13-15H2,1-4H3,(H,26,29). The van der Waals surface area contributed by atoms with Crippen molar-refractivity contribution in [2.24, 2.45) is 0 Å². The first-order chi connectivity index (χ1) is 14.0. The summed E-state index contributed by atoms with van der Waals surface area (Å²) in [6.07, 6.45) is 0. The van der Waals surface area contributed by atoms with Crippen molar-refractivity contribution < 1.29 is 9.59 Å². The molecule has 0 aliphatic heterocycles. The van der Waals surface area contributed by atoms with Crippen LogP contribution in [0, 0.1) is 0 Å². The molecule has 0 heterocycles. The van der Waals surface area contributed by atoms with E-state index >= 15 is 0 Å². The number of nitrogens with zero attached hydrogens (tertiary/aromatic N) is 1. The van der Waals surface area contributed by atoms with Gasteiger partial charge in [0.05, 0.1) is 5.75 Å². The van der Waals surface area contributed by atoms with Crippen LogP contribution >= 0.6 is 35.0 Å². The quantitative estimate of drug-likeness (QED) is 0.553. The van der Waals surface area contributed by atoms with Crippen molar-refractivity contribution in [3.8, 4) is 0 Å². The molecule has 30 heavy (non-hydrogen) atoms. The third kappa shape index (κ3) is 8.21. The van der Waals surface area contributed by atoms with Gasteiger partial charge in [0.25, 0.3) is 0 Å². The largest absolute Gasteiger partial charge is 0.350 e. The first kappa shape index (κ1) is 24.6. The summed E-state index contributed by atoms with van der Waals surface area (Å²) in [6.45, 7) is 7.83. The predicted molar refractivity (Wildman–Crippen MR) is 127 cm³/mol. The van der Waals surface area contributed by atoms with Crippen molar-refractivity contribution in [1.82, 2.24) is 10.2 Å². The summed E-state index contributed by atoms with van der Waals surface area (Å²) in [5, 5.41) is 4.23. The van der Waals surface area contributed by atoms with E-state index in [0.29, 0.717) is 22.3 Å². The van der Waals surface area contributed by atoms with E-state index < -0.39 is 6.04 Å². The number of carbonyl (C=O) groups excluding carboxylic acids is 2. The molecular weight excluding hydrogens is 439 g/mol. The molecule has 162 valence electrons. The zero-order valence-electron chi connectivity index (χ0n) is 17.7. The molecule has 1 unspecified atom stereocenters. The van der Waals surface area contributed by atoms with Crippen molar-refractivity contribution in [1.29, 1.82) is 0 Å². The summed E-state index contributed by atoms with van der Waals surface area (Å²) in [5.74, 6) is 0.649. The SMILES string of the molecule is CC(C(=O)NC(C)(C)C)N(Cc1cccc(Cl)c1)C(=O)CSCc1cccc(Cl)c1. The van der Waals surface area contributed by atoms with E-state index in [9.17, 15) is 9.59 Å². The van der Waals surface area contributed by atoms with Gasteiger partial charge in [0, 0.05) is 27.9 Å². The van der Waals surface area contributed by atoms with Gasteiger partial charge >= 0.3 is 0 Å². The number of hydrogen-bond donors (Lipinski definition) is 1. The van der Waals surface area contributed by atoms with Crippen molar-refractivity contribution >= 4 is 46.8 Å². The van der Waals surface area contributed by atoms with E-state index in [1.165, 1.54) is 11.8 Å². The molecule has 2 aromatic carbocycles. The second-order valence-corrected chi connectivity index (χ2v) is 10.0. The molecule has 0 saturated heterocycles. The average molecular weight is 467 g/mol. The molecule has 0 bridgehead atoms. The van der Waals surface area contributed by atoms with Crippen molar-refractivity contribution in [2.75, 3.05) is 5.75 Å². The van der Waals surface area contributed by atoms with E-state index in [1.54, 1.807) is 17.9 Å². The molecule has 0 saturated carbocycles. The van der Waals surface area contributed by atoms with Crippen LogP contribution in [-0.4, -0.2) is 34.0 Å². The number of hydrogen-bond acceptors (Lipinski definition) is 3. The molecule has 7 heteroatoms. The Balaban J connectivity index is 2.10. The van der Waals surface area contributed by atoms with Crippen LogP contribution in [0.5, 0.6) is 0 Å². The Morgan fingerprint density at radius 3 is 2.17 bits per heavy atom. The summed E-state index contributed by atoms with van der Waals surface area (Å²) in [7, 11) is 0. The minimum atomic E-state index is -0.609. The van der Waals surface area contributed by atoms with Crippen LogP contribution in [0.1, 0.15) is 38.8 Å². The number of amides is 2. The fourth-order valence-corrected chi connectivity index (χ4v) is 4.14. The van der Waals surface area contributed by atoms with Crippen molar-refractivity contribution in [2.45, 2.75) is 51.6 Å². The molecule has 0 aromatic heterocycles. The number of nitrogens with one attached hydrogen (secondary N) is 1. The van der Waals surface area contributed by atoms with Crippen molar-refractivity contribution in [3.05, 3.63) is 69.7 Å². The molecular formula is C23H28Cl2N2O2S. The van der Waals surface area contributed by atoms with E-state index in [0.717, 1.165) is 11.1 Å². The summed E-state index contributed by atoms with van der Waals surface area (Å²) in [5.41, 5.74) is 1.56. The highest BCUT2D eigenvalue weighted by Crippen LogP contribution is 2.19. The molecule has 0 spiro atoms. The molecule has 1 atom stereocenters. The lowest BCUT2D eigenvalue weighted by molar-refractivity contribution is -0.139. The third-order valence-electron chi connectivity index (χ3n) is 4.29. The van der Waals surface area contributed by atoms with Crippen molar-refractivity contribution in [3.63, 3.8) is 0 Å². The number of rotatable bonds is 8. The molecule has 0 aliphatic rings. The van der Waals surface area contributed by atoms with Crippen LogP contribution in [0.4, 0.5) is 0 Å². The molecule has 1 N–H and O–H groups in total. The highest BCUT2D eigenvalue weighted by Gasteiger charge is 2.28. The lowest BCUT2D eigenvalue weighted by atomic mass is 10.1. The fraction of sp³-hybridized carbons (Fsp3) is 0.391. The number of carbonyl (C=O) groups is 2. The van der Waals surface area contributed by atoms with Gasteiger partial charge in [0.2, 0.25) is 11.8 Å². The normalized spacial score (nSPS) is 12.3. The Kier molecular flexibility index (Phi) is 9.08. The lowest BCUT2D eigenvalue weighted by Crippen LogP contribution is -2.52. The molecule has 0 aliphatic carbocycles. The molecule has 0 fully saturated rings. The second kappa shape index (κ2) is 11.1. The Bertz CT molecular complexity index is 884. The van der Waals surface area contributed by atoms with Gasteiger partial charge in [0.15, 0.2) is 0 Å². The Hall–Kier alpha value is -1.69. The smallest absolute Gasteiger partial charge is 0.242 e. The highest BCUT2D eigenvalue weighted by molar-refractivity contribution is 7.99. The average Bonchev–Trinajstić information content (AvgIpc) is 2.64. The zero-order valence-corrected chi connectivity index (χ0v) is 20.1. The van der Waals surface area contributed by atoms with Crippen LogP contribution in [-0.2, 0) is 21.9 Å². The van der Waals surface area contributed by atoms with Crippen LogP contribution in [0.25, 0.3) is 0 Å². The van der Waals surface area contributed by atoms with Gasteiger partial charge in [-0.05, 0) is 63.1 Å². The van der Waals surface area contributed by atoms with Gasteiger partial charge in [-0.3, -0.25) is 9.59 Å². The molecule has 2 amide bonds. The minimum absolute atomic E-state index is 0.0986. The molecule has 0 radical (unpaired) electrons. The summed E-state index contributed by atoms with van der Waals surface area (Å²) < 4.78 is 0. The second-order valence-electron chi connectivity index (χ2n) is 8.19. The Labute approximate surface area is 193 Å². The van der Waals surface area contributed by atoms with Gasteiger partial charge in [0.1, 0.15) is 6.04 Å². The van der Waals surface area contributed by atoms with Crippen LogP contribution in [0.2, 0.25) is 10.0 Å². The Morgan fingerprint density at radius 2 is 1.60 bits per heavy atom. The monoisotopic (exact) mass is 466 g/mol. The summed E-state index contributed by atoms with van der Waals surface area (Å²) in [6, 6.07) is 14.3. The van der Waals surface area contributed by atoms with Crippen LogP contribution in [0.15, 0.2) is 48.5 Å². The van der Waals surface area contributed by atoms with E-state index in [1.807, 2.05) is 63.2 Å². The number of thioether (sulfide) groups is 1. The van der Waals surface area contributed by atoms with Gasteiger partial charge in [-0.2, -0.15) is 0 Å². The van der Waals surface area contributed by atoms with Gasteiger partial charge in [-0.25, -0.2) is 0 Å². The fourth-order valence-electron chi connectivity index (χ4n) is 2.85. The number of benzene rings is 2.